The third-order valence-corrected chi connectivity index (χ3v) is 6.65. The van der Waals surface area contributed by atoms with Crippen molar-refractivity contribution in [1.82, 2.24) is 9.88 Å². The maximum Gasteiger partial charge on any atom is 0.355 e. The summed E-state index contributed by atoms with van der Waals surface area (Å²) in [5.74, 6) is -0.214. The fraction of sp³-hybridized carbons (Fsp3) is 0.520. The van der Waals surface area contributed by atoms with Gasteiger partial charge in [-0.15, -0.1) is 0 Å². The number of esters is 2. The van der Waals surface area contributed by atoms with E-state index in [0.29, 0.717) is 41.9 Å². The lowest BCUT2D eigenvalue weighted by molar-refractivity contribution is 0.0513. The minimum absolute atomic E-state index is 0.288. The third-order valence-electron chi connectivity index (χ3n) is 6.65. The van der Waals surface area contributed by atoms with Gasteiger partial charge in [-0.05, 0) is 69.1 Å². The first kappa shape index (κ1) is 21.6. The Kier molecular flexibility index (Phi) is 6.46. The number of H-pyrrole nitrogens is 1. The SMILES string of the molecule is CCOC(=O)c1[nH]c(CN2C[C@@H]3CCC2Cc2ccccc2C3)c(C(=O)OCC)c1C. The fourth-order valence-electron chi connectivity index (χ4n) is 5.16. The van der Waals surface area contributed by atoms with Crippen LogP contribution in [0.3, 0.4) is 0 Å². The molecule has 1 aromatic heterocycles. The van der Waals surface area contributed by atoms with Gasteiger partial charge in [-0.2, -0.15) is 0 Å². The second-order valence-electron chi connectivity index (χ2n) is 8.62. The number of hydrogen-bond acceptors (Lipinski definition) is 5. The van der Waals surface area contributed by atoms with E-state index in [1.54, 1.807) is 20.8 Å². The summed E-state index contributed by atoms with van der Waals surface area (Å²) >= 11 is 0. The highest BCUT2D eigenvalue weighted by molar-refractivity contribution is 5.98. The number of hydrogen-bond donors (Lipinski definition) is 1. The first-order valence-corrected chi connectivity index (χ1v) is 11.4. The van der Waals surface area contributed by atoms with E-state index in [2.05, 4.69) is 34.1 Å². The first-order valence-electron chi connectivity index (χ1n) is 11.4. The number of ether oxygens (including phenoxy) is 2. The molecule has 2 atom stereocenters. The molecule has 3 heterocycles. The van der Waals surface area contributed by atoms with Crippen LogP contribution < -0.4 is 0 Å². The van der Waals surface area contributed by atoms with Crippen molar-refractivity contribution in [3.8, 4) is 0 Å². The zero-order valence-corrected chi connectivity index (χ0v) is 18.7. The molecule has 31 heavy (non-hydrogen) atoms. The van der Waals surface area contributed by atoms with Crippen LogP contribution in [0.15, 0.2) is 24.3 Å². The van der Waals surface area contributed by atoms with Crippen molar-refractivity contribution < 1.29 is 19.1 Å². The first-order chi connectivity index (χ1) is 15.0. The predicted octanol–water partition coefficient (Wildman–Crippen LogP) is 4.06. The molecule has 0 radical (unpaired) electrons. The van der Waals surface area contributed by atoms with E-state index in [1.807, 2.05) is 0 Å². The van der Waals surface area contributed by atoms with Gasteiger partial charge in [0, 0.05) is 24.8 Å². The second kappa shape index (κ2) is 9.27. The van der Waals surface area contributed by atoms with E-state index in [0.717, 1.165) is 31.5 Å². The molecule has 6 nitrogen and oxygen atoms in total. The Labute approximate surface area is 183 Å². The van der Waals surface area contributed by atoms with Crippen molar-refractivity contribution in [1.29, 1.82) is 0 Å². The summed E-state index contributed by atoms with van der Waals surface area (Å²) in [6, 6.07) is 9.19. The third kappa shape index (κ3) is 4.40. The number of aromatic nitrogens is 1. The van der Waals surface area contributed by atoms with Crippen LogP contribution in [0.1, 0.15) is 69.9 Å². The molecule has 1 saturated heterocycles. The summed E-state index contributed by atoms with van der Waals surface area (Å²) in [7, 11) is 0. The Bertz CT molecular complexity index is 964. The fourth-order valence-corrected chi connectivity index (χ4v) is 5.16. The highest BCUT2D eigenvalue weighted by Gasteiger charge is 2.34. The number of carbonyl (C=O) groups excluding carboxylic acids is 2. The van der Waals surface area contributed by atoms with Crippen molar-refractivity contribution in [2.75, 3.05) is 19.8 Å². The van der Waals surface area contributed by atoms with Crippen molar-refractivity contribution >= 4 is 11.9 Å². The maximum absolute atomic E-state index is 12.8. The maximum atomic E-state index is 12.8. The Hall–Kier alpha value is -2.60. The van der Waals surface area contributed by atoms with E-state index in [1.165, 1.54) is 17.5 Å². The van der Waals surface area contributed by atoms with Gasteiger partial charge in [-0.1, -0.05) is 24.3 Å². The largest absolute Gasteiger partial charge is 0.462 e. The monoisotopic (exact) mass is 424 g/mol. The molecule has 1 unspecified atom stereocenters. The lowest BCUT2D eigenvalue weighted by atomic mass is 9.80. The van der Waals surface area contributed by atoms with Gasteiger partial charge in [0.1, 0.15) is 5.69 Å². The number of fused-ring (bicyclic) bond motifs is 2. The average Bonchev–Trinajstić information content (AvgIpc) is 3.05. The minimum atomic E-state index is -0.431. The second-order valence-corrected chi connectivity index (χ2v) is 8.62. The highest BCUT2D eigenvalue weighted by atomic mass is 16.5. The van der Waals surface area contributed by atoms with Crippen LogP contribution in [-0.2, 0) is 28.9 Å². The molecule has 2 aliphatic heterocycles. The molecule has 2 bridgehead atoms. The lowest BCUT2D eigenvalue weighted by Crippen LogP contribution is -2.46. The lowest BCUT2D eigenvalue weighted by Gasteiger charge is -2.42. The zero-order chi connectivity index (χ0) is 22.0. The molecule has 3 aliphatic rings. The van der Waals surface area contributed by atoms with Crippen LogP contribution in [-0.4, -0.2) is 47.6 Å². The highest BCUT2D eigenvalue weighted by Crippen LogP contribution is 2.34. The Morgan fingerprint density at radius 1 is 1.03 bits per heavy atom. The molecule has 5 rings (SSSR count). The van der Waals surface area contributed by atoms with E-state index in [9.17, 15) is 9.59 Å². The summed E-state index contributed by atoms with van der Waals surface area (Å²) in [4.78, 5) is 30.9. The van der Waals surface area contributed by atoms with Crippen LogP contribution in [0, 0.1) is 12.8 Å². The van der Waals surface area contributed by atoms with Crippen LogP contribution >= 0.6 is 0 Å². The van der Waals surface area contributed by atoms with Crippen LogP contribution in [0.4, 0.5) is 0 Å². The van der Waals surface area contributed by atoms with Crippen molar-refractivity contribution in [2.45, 2.75) is 59.0 Å². The standard InChI is InChI=1S/C25H32N2O4/c1-4-30-24(28)22-16(3)23(25(29)31-5-2)26-21(22)15-27-14-17-10-11-20(27)13-19-9-7-6-8-18(19)12-17/h6-9,17,20,26H,4-5,10-15H2,1-3H3/t17-,20?/m1/s1. The van der Waals surface area contributed by atoms with Gasteiger partial charge in [0.2, 0.25) is 0 Å². The van der Waals surface area contributed by atoms with Crippen molar-refractivity contribution in [2.24, 2.45) is 5.92 Å². The Morgan fingerprint density at radius 3 is 2.42 bits per heavy atom. The Balaban J connectivity index is 1.64. The number of rotatable bonds is 6. The molecule has 1 aromatic carbocycles. The van der Waals surface area contributed by atoms with Gasteiger partial charge in [0.25, 0.3) is 0 Å². The molecule has 166 valence electrons. The van der Waals surface area contributed by atoms with E-state index < -0.39 is 5.97 Å². The minimum Gasteiger partial charge on any atom is -0.462 e. The number of benzene rings is 1. The van der Waals surface area contributed by atoms with Gasteiger partial charge in [0.05, 0.1) is 18.8 Å². The molecule has 6 heteroatoms. The number of nitrogens with zero attached hydrogens (tertiary/aromatic N) is 1. The van der Waals surface area contributed by atoms with E-state index in [-0.39, 0.29) is 12.6 Å². The molecule has 1 fully saturated rings. The van der Waals surface area contributed by atoms with Gasteiger partial charge in [-0.25, -0.2) is 9.59 Å². The van der Waals surface area contributed by atoms with Gasteiger partial charge >= 0.3 is 11.9 Å². The molecule has 1 N–H and O–H groups in total. The van der Waals surface area contributed by atoms with Gasteiger partial charge < -0.3 is 14.5 Å². The topological polar surface area (TPSA) is 71.6 Å². The predicted molar refractivity (Wildman–Crippen MR) is 118 cm³/mol. The quantitative estimate of drug-likeness (QED) is 0.708. The molecule has 0 saturated carbocycles. The summed E-state index contributed by atoms with van der Waals surface area (Å²) in [6.07, 6.45) is 4.50. The molecular weight excluding hydrogens is 392 g/mol. The molecular formula is C25H32N2O4. The van der Waals surface area contributed by atoms with Crippen LogP contribution in [0.2, 0.25) is 0 Å². The van der Waals surface area contributed by atoms with Gasteiger partial charge in [-0.3, -0.25) is 4.90 Å². The number of nitrogens with one attached hydrogen (secondary N) is 1. The van der Waals surface area contributed by atoms with E-state index in [4.69, 9.17) is 9.47 Å². The van der Waals surface area contributed by atoms with Crippen molar-refractivity contribution in [3.05, 3.63) is 57.9 Å². The number of piperidine rings is 1. The summed E-state index contributed by atoms with van der Waals surface area (Å²) in [6.45, 7) is 7.53. The summed E-state index contributed by atoms with van der Waals surface area (Å²) in [5.41, 5.74) is 5.09. The van der Waals surface area contributed by atoms with Crippen LogP contribution in [0.25, 0.3) is 0 Å². The van der Waals surface area contributed by atoms with Gasteiger partial charge in [0.15, 0.2) is 0 Å². The molecule has 0 amide bonds. The van der Waals surface area contributed by atoms with E-state index >= 15 is 0 Å². The van der Waals surface area contributed by atoms with Crippen LogP contribution in [0.5, 0.6) is 0 Å². The van der Waals surface area contributed by atoms with Crippen molar-refractivity contribution in [3.63, 3.8) is 0 Å². The molecule has 2 aromatic rings. The smallest absolute Gasteiger partial charge is 0.355 e. The summed E-state index contributed by atoms with van der Waals surface area (Å²) < 4.78 is 10.5. The average molecular weight is 425 g/mol. The zero-order valence-electron chi connectivity index (χ0n) is 18.7. The number of aromatic amines is 1. The summed E-state index contributed by atoms with van der Waals surface area (Å²) in [5, 5.41) is 0. The Morgan fingerprint density at radius 2 is 1.71 bits per heavy atom. The number of carbonyl (C=O) groups is 2. The molecule has 1 aliphatic carbocycles. The normalized spacial score (nSPS) is 20.6. The molecule has 0 spiro atoms.